The fourth-order valence-corrected chi connectivity index (χ4v) is 4.79. The summed E-state index contributed by atoms with van der Waals surface area (Å²) in [6.07, 6.45) is 7.36. The van der Waals surface area contributed by atoms with Gasteiger partial charge in [-0.25, -0.2) is 9.00 Å². The third-order valence-electron chi connectivity index (χ3n) is 5.79. The summed E-state index contributed by atoms with van der Waals surface area (Å²) in [4.78, 5) is 12.6. The number of nitrogens with one attached hydrogen (secondary N) is 2. The van der Waals surface area contributed by atoms with Gasteiger partial charge in [0, 0.05) is 11.9 Å². The topological polar surface area (TPSA) is 96.3 Å². The first kappa shape index (κ1) is 19.1. The van der Waals surface area contributed by atoms with Crippen LogP contribution >= 0.6 is 0 Å². The molecule has 0 radical (unpaired) electrons. The quantitative estimate of drug-likeness (QED) is 0.716. The summed E-state index contributed by atoms with van der Waals surface area (Å²) in [7, 11) is -1.77. The summed E-state index contributed by atoms with van der Waals surface area (Å²) < 4.78 is 16.6. The number of nitrogens with zero attached hydrogens (tertiary/aromatic N) is 2. The highest BCUT2D eigenvalue weighted by molar-refractivity contribution is 7.83. The van der Waals surface area contributed by atoms with Gasteiger partial charge in [-0.2, -0.15) is 5.10 Å². The number of rotatable bonds is 5. The summed E-state index contributed by atoms with van der Waals surface area (Å²) in [5, 5.41) is 17.1. The molecule has 28 heavy (non-hydrogen) atoms. The number of urea groups is 1. The third kappa shape index (κ3) is 3.58. The lowest BCUT2D eigenvalue weighted by molar-refractivity contribution is 0.132. The zero-order chi connectivity index (χ0) is 19.8. The van der Waals surface area contributed by atoms with Crippen LogP contribution in [-0.2, 0) is 36.7 Å². The first-order valence-corrected chi connectivity index (χ1v) is 11.0. The van der Waals surface area contributed by atoms with Gasteiger partial charge in [-0.05, 0) is 80.7 Å². The molecule has 0 fully saturated rings. The van der Waals surface area contributed by atoms with E-state index in [4.69, 9.17) is 0 Å². The molecule has 0 aliphatic heterocycles. The van der Waals surface area contributed by atoms with E-state index in [1.165, 1.54) is 22.3 Å². The first-order chi connectivity index (χ1) is 13.4. The second-order valence-electron chi connectivity index (χ2n) is 7.67. The fraction of sp³-hybridized carbons (Fsp3) is 0.500. The van der Waals surface area contributed by atoms with E-state index in [-0.39, 0.29) is 11.1 Å². The van der Waals surface area contributed by atoms with Crippen LogP contribution in [0.4, 0.5) is 10.5 Å². The van der Waals surface area contributed by atoms with Gasteiger partial charge in [-0.1, -0.05) is 6.07 Å². The molecular formula is C20H26N4O3S. The van der Waals surface area contributed by atoms with E-state index in [2.05, 4.69) is 21.2 Å². The molecule has 3 atom stereocenters. The zero-order valence-corrected chi connectivity index (χ0v) is 17.0. The highest BCUT2D eigenvalue weighted by Gasteiger charge is 2.25. The van der Waals surface area contributed by atoms with Crippen LogP contribution in [0.15, 0.2) is 23.4 Å². The number of aliphatic hydroxyl groups is 1. The predicted octanol–water partition coefficient (Wildman–Crippen LogP) is 2.65. The molecule has 0 saturated heterocycles. The Hall–Kier alpha value is -2.19. The molecule has 1 aromatic heterocycles. The van der Waals surface area contributed by atoms with Gasteiger partial charge >= 0.3 is 6.03 Å². The van der Waals surface area contributed by atoms with Gasteiger partial charge in [0.25, 0.3) is 0 Å². The zero-order valence-electron chi connectivity index (χ0n) is 16.2. The van der Waals surface area contributed by atoms with Gasteiger partial charge < -0.3 is 10.4 Å². The van der Waals surface area contributed by atoms with Crippen molar-refractivity contribution in [1.29, 1.82) is 0 Å². The number of carbonyl (C=O) groups is 1. The van der Waals surface area contributed by atoms with Gasteiger partial charge in [0.1, 0.15) is 0 Å². The number of hydrogen-bond acceptors (Lipinski definition) is 4. The molecule has 2 aliphatic rings. The summed E-state index contributed by atoms with van der Waals surface area (Å²) in [5.74, 6) is 0. The Bertz CT molecular complexity index is 906. The normalized spacial score (nSPS) is 18.2. The molecule has 2 amide bonds. The van der Waals surface area contributed by atoms with Crippen molar-refractivity contribution in [3.63, 3.8) is 0 Å². The van der Waals surface area contributed by atoms with Gasteiger partial charge in [0.05, 0.1) is 12.1 Å². The molecule has 2 aliphatic carbocycles. The second-order valence-corrected chi connectivity index (χ2v) is 8.83. The Labute approximate surface area is 167 Å². The SMILES string of the molecule is CC(O)C(C)n1ccc(S(=O)NC(=O)Nc2c3c(cc4c2CCC4)CCC3)n1. The van der Waals surface area contributed by atoms with Crippen LogP contribution in [0.5, 0.6) is 0 Å². The number of aliphatic hydroxyl groups excluding tert-OH is 1. The summed E-state index contributed by atoms with van der Waals surface area (Å²) in [6, 6.07) is 3.18. The maximum absolute atomic E-state index is 12.6. The van der Waals surface area contributed by atoms with Crippen molar-refractivity contribution in [1.82, 2.24) is 14.5 Å². The Morgan fingerprint density at radius 3 is 2.43 bits per heavy atom. The lowest BCUT2D eigenvalue weighted by Crippen LogP contribution is -2.31. The largest absolute Gasteiger partial charge is 0.391 e. The molecule has 3 N–H and O–H groups in total. The average molecular weight is 403 g/mol. The highest BCUT2D eigenvalue weighted by atomic mass is 32.2. The molecule has 3 unspecified atom stereocenters. The van der Waals surface area contributed by atoms with Gasteiger partial charge in [-0.3, -0.25) is 9.40 Å². The standard InChI is InChI=1S/C20H26N4O3S/c1-12(13(2)25)24-10-9-18(22-24)28(27)23-20(26)21-19-16-7-3-5-14(16)11-15-6-4-8-17(15)19/h9-13,25H,3-8H2,1-2H3,(H2,21,23,26). The van der Waals surface area contributed by atoms with Gasteiger partial charge in [0.2, 0.25) is 0 Å². The molecule has 0 spiro atoms. The number of aromatic nitrogens is 2. The number of fused-ring (bicyclic) bond motifs is 2. The number of anilines is 1. The molecule has 7 nitrogen and oxygen atoms in total. The maximum atomic E-state index is 12.6. The van der Waals surface area contributed by atoms with Crippen molar-refractivity contribution in [2.75, 3.05) is 5.32 Å². The Morgan fingerprint density at radius 1 is 1.18 bits per heavy atom. The first-order valence-electron chi connectivity index (χ1n) is 9.83. The molecule has 0 saturated carbocycles. The molecule has 150 valence electrons. The van der Waals surface area contributed by atoms with E-state index < -0.39 is 23.1 Å². The third-order valence-corrected chi connectivity index (χ3v) is 6.75. The highest BCUT2D eigenvalue weighted by Crippen LogP contribution is 2.38. The van der Waals surface area contributed by atoms with Crippen molar-refractivity contribution in [2.45, 2.75) is 69.5 Å². The number of amides is 2. The summed E-state index contributed by atoms with van der Waals surface area (Å²) in [5.41, 5.74) is 6.06. The van der Waals surface area contributed by atoms with Crippen molar-refractivity contribution in [3.8, 4) is 0 Å². The molecule has 1 aromatic carbocycles. The van der Waals surface area contributed by atoms with Crippen LogP contribution in [0.3, 0.4) is 0 Å². The average Bonchev–Trinajstić information content (AvgIpc) is 3.40. The van der Waals surface area contributed by atoms with E-state index >= 15 is 0 Å². The van der Waals surface area contributed by atoms with E-state index in [0.29, 0.717) is 0 Å². The Kier molecular flexibility index (Phi) is 5.25. The lowest BCUT2D eigenvalue weighted by atomic mass is 9.99. The minimum absolute atomic E-state index is 0.242. The monoisotopic (exact) mass is 402 g/mol. The molecule has 1 heterocycles. The molecule has 4 rings (SSSR count). The van der Waals surface area contributed by atoms with Crippen molar-refractivity contribution < 1.29 is 14.1 Å². The van der Waals surface area contributed by atoms with Gasteiger partial charge in [-0.15, -0.1) is 0 Å². The van der Waals surface area contributed by atoms with Crippen LogP contribution in [0.2, 0.25) is 0 Å². The Morgan fingerprint density at radius 2 is 1.82 bits per heavy atom. The second kappa shape index (κ2) is 7.67. The number of benzene rings is 1. The van der Waals surface area contributed by atoms with Crippen molar-refractivity contribution >= 4 is 22.7 Å². The minimum Gasteiger partial charge on any atom is -0.391 e. The van der Waals surface area contributed by atoms with E-state index in [1.807, 2.05) is 6.92 Å². The molecule has 8 heteroatoms. The molecule has 2 aromatic rings. The van der Waals surface area contributed by atoms with Crippen molar-refractivity contribution in [2.24, 2.45) is 0 Å². The number of aryl methyl sites for hydroxylation is 2. The number of hydrogen-bond donors (Lipinski definition) is 3. The smallest absolute Gasteiger partial charge is 0.331 e. The minimum atomic E-state index is -1.77. The van der Waals surface area contributed by atoms with Crippen LogP contribution in [0.25, 0.3) is 0 Å². The van der Waals surface area contributed by atoms with Crippen LogP contribution < -0.4 is 10.0 Å². The van der Waals surface area contributed by atoms with Crippen LogP contribution in [0, 0.1) is 0 Å². The lowest BCUT2D eigenvalue weighted by Gasteiger charge is -2.16. The number of carbonyl (C=O) groups excluding carboxylic acids is 1. The predicted molar refractivity (Wildman–Crippen MR) is 108 cm³/mol. The van der Waals surface area contributed by atoms with E-state index in [1.54, 1.807) is 23.9 Å². The molecular weight excluding hydrogens is 376 g/mol. The van der Waals surface area contributed by atoms with E-state index in [9.17, 15) is 14.1 Å². The summed E-state index contributed by atoms with van der Waals surface area (Å²) >= 11 is 0. The van der Waals surface area contributed by atoms with Gasteiger partial charge in [0.15, 0.2) is 16.0 Å². The summed E-state index contributed by atoms with van der Waals surface area (Å²) in [6.45, 7) is 3.49. The van der Waals surface area contributed by atoms with Crippen LogP contribution in [-0.4, -0.2) is 31.2 Å². The maximum Gasteiger partial charge on any atom is 0.331 e. The van der Waals surface area contributed by atoms with E-state index in [0.717, 1.165) is 44.2 Å². The van der Waals surface area contributed by atoms with Crippen molar-refractivity contribution in [3.05, 3.63) is 40.6 Å². The van der Waals surface area contributed by atoms with Crippen LogP contribution in [0.1, 0.15) is 55.0 Å². The molecule has 0 bridgehead atoms. The Balaban J connectivity index is 1.48. The fourth-order valence-electron chi connectivity index (χ4n) is 4.11.